The Morgan fingerprint density at radius 3 is 2.67 bits per heavy atom. The highest BCUT2D eigenvalue weighted by Gasteiger charge is 2.27. The summed E-state index contributed by atoms with van der Waals surface area (Å²) >= 11 is 0. The average Bonchev–Trinajstić information content (AvgIpc) is 2.86. The smallest absolute Gasteiger partial charge is 0.244 e. The summed E-state index contributed by atoms with van der Waals surface area (Å²) in [4.78, 5) is 16.7. The number of rotatable bonds is 5. The Kier molecular flexibility index (Phi) is 4.37. The van der Waals surface area contributed by atoms with Crippen LogP contribution in [0.15, 0.2) is 24.3 Å². The SMILES string of the molecule is CCNC(C)(C)C(=O)Nc1ccccc1-c1n[nH]c(C)n1. The molecule has 0 saturated heterocycles. The first-order valence-corrected chi connectivity index (χ1v) is 6.99. The molecule has 1 heterocycles. The number of H-pyrrole nitrogens is 1. The third-order valence-corrected chi connectivity index (χ3v) is 3.20. The van der Waals surface area contributed by atoms with E-state index in [9.17, 15) is 4.79 Å². The summed E-state index contributed by atoms with van der Waals surface area (Å²) in [5.41, 5.74) is 0.853. The molecule has 2 rings (SSSR count). The van der Waals surface area contributed by atoms with Crippen LogP contribution >= 0.6 is 0 Å². The molecule has 0 bridgehead atoms. The van der Waals surface area contributed by atoms with Crippen molar-refractivity contribution in [3.8, 4) is 11.4 Å². The van der Waals surface area contributed by atoms with E-state index in [1.165, 1.54) is 0 Å². The molecule has 0 radical (unpaired) electrons. The minimum absolute atomic E-state index is 0.0935. The van der Waals surface area contributed by atoms with Crippen LogP contribution in [0.2, 0.25) is 0 Å². The molecule has 0 spiro atoms. The van der Waals surface area contributed by atoms with Gasteiger partial charge in [-0.2, -0.15) is 5.10 Å². The fraction of sp³-hybridized carbons (Fsp3) is 0.400. The predicted molar refractivity (Wildman–Crippen MR) is 82.9 cm³/mol. The summed E-state index contributed by atoms with van der Waals surface area (Å²) in [6.45, 7) is 8.24. The Hall–Kier alpha value is -2.21. The van der Waals surface area contributed by atoms with Gasteiger partial charge in [-0.15, -0.1) is 0 Å². The Labute approximate surface area is 124 Å². The second-order valence-corrected chi connectivity index (χ2v) is 5.40. The molecule has 21 heavy (non-hydrogen) atoms. The van der Waals surface area contributed by atoms with Gasteiger partial charge in [0.05, 0.1) is 11.2 Å². The largest absolute Gasteiger partial charge is 0.324 e. The van der Waals surface area contributed by atoms with Crippen molar-refractivity contribution in [2.75, 3.05) is 11.9 Å². The summed E-state index contributed by atoms with van der Waals surface area (Å²) in [7, 11) is 0. The van der Waals surface area contributed by atoms with Crippen LogP contribution in [0.1, 0.15) is 26.6 Å². The number of amides is 1. The third-order valence-electron chi connectivity index (χ3n) is 3.20. The van der Waals surface area contributed by atoms with E-state index >= 15 is 0 Å². The van der Waals surface area contributed by atoms with Crippen LogP contribution in [0.25, 0.3) is 11.4 Å². The van der Waals surface area contributed by atoms with Gasteiger partial charge in [0.1, 0.15) is 5.82 Å². The number of anilines is 1. The highest BCUT2D eigenvalue weighted by molar-refractivity contribution is 6.00. The molecule has 1 aromatic carbocycles. The van der Waals surface area contributed by atoms with Crippen molar-refractivity contribution < 1.29 is 4.79 Å². The van der Waals surface area contributed by atoms with Crippen molar-refractivity contribution in [2.45, 2.75) is 33.2 Å². The van der Waals surface area contributed by atoms with Crippen LogP contribution in [0.4, 0.5) is 5.69 Å². The number of carbonyl (C=O) groups is 1. The first-order valence-electron chi connectivity index (χ1n) is 6.99. The molecule has 0 aliphatic rings. The number of hydrogen-bond acceptors (Lipinski definition) is 4. The van der Waals surface area contributed by atoms with E-state index in [1.54, 1.807) is 0 Å². The monoisotopic (exact) mass is 287 g/mol. The van der Waals surface area contributed by atoms with Gasteiger partial charge in [-0.05, 0) is 39.4 Å². The number of likely N-dealkylation sites (N-methyl/N-ethyl adjacent to an activating group) is 1. The molecule has 6 nitrogen and oxygen atoms in total. The predicted octanol–water partition coefficient (Wildman–Crippen LogP) is 2.11. The van der Waals surface area contributed by atoms with Crippen molar-refractivity contribution in [1.82, 2.24) is 20.5 Å². The topological polar surface area (TPSA) is 82.7 Å². The average molecular weight is 287 g/mol. The Morgan fingerprint density at radius 2 is 2.05 bits per heavy atom. The number of hydrogen-bond donors (Lipinski definition) is 3. The molecule has 3 N–H and O–H groups in total. The molecule has 0 fully saturated rings. The molecule has 0 saturated carbocycles. The zero-order valence-corrected chi connectivity index (χ0v) is 12.8. The first kappa shape index (κ1) is 15.2. The molecular weight excluding hydrogens is 266 g/mol. The number of carbonyl (C=O) groups excluding carboxylic acids is 1. The zero-order chi connectivity index (χ0) is 15.5. The van der Waals surface area contributed by atoms with E-state index in [4.69, 9.17) is 0 Å². The lowest BCUT2D eigenvalue weighted by atomic mass is 10.0. The van der Waals surface area contributed by atoms with Gasteiger partial charge in [0.15, 0.2) is 5.82 Å². The van der Waals surface area contributed by atoms with Crippen molar-refractivity contribution >= 4 is 11.6 Å². The molecule has 0 aliphatic heterocycles. The van der Waals surface area contributed by atoms with Gasteiger partial charge < -0.3 is 10.6 Å². The van der Waals surface area contributed by atoms with E-state index in [1.807, 2.05) is 52.0 Å². The highest BCUT2D eigenvalue weighted by atomic mass is 16.2. The van der Waals surface area contributed by atoms with Crippen molar-refractivity contribution in [1.29, 1.82) is 0 Å². The first-order chi connectivity index (χ1) is 9.94. The standard InChI is InChI=1S/C15H21N5O/c1-5-16-15(3,4)14(21)18-12-9-7-6-8-11(12)13-17-10(2)19-20-13/h6-9,16H,5H2,1-4H3,(H,18,21)(H,17,19,20). The maximum absolute atomic E-state index is 12.4. The Balaban J connectivity index is 2.27. The van der Waals surface area contributed by atoms with Crippen molar-refractivity contribution in [3.05, 3.63) is 30.1 Å². The second-order valence-electron chi connectivity index (χ2n) is 5.40. The molecule has 0 aliphatic carbocycles. The van der Waals surface area contributed by atoms with Crippen LogP contribution in [0.5, 0.6) is 0 Å². The van der Waals surface area contributed by atoms with Gasteiger partial charge >= 0.3 is 0 Å². The maximum Gasteiger partial charge on any atom is 0.244 e. The van der Waals surface area contributed by atoms with Crippen LogP contribution < -0.4 is 10.6 Å². The minimum Gasteiger partial charge on any atom is -0.324 e. The van der Waals surface area contributed by atoms with Crippen LogP contribution in [-0.4, -0.2) is 33.2 Å². The van der Waals surface area contributed by atoms with E-state index in [-0.39, 0.29) is 5.91 Å². The van der Waals surface area contributed by atoms with Gasteiger partial charge in [-0.1, -0.05) is 19.1 Å². The lowest BCUT2D eigenvalue weighted by molar-refractivity contribution is -0.121. The van der Waals surface area contributed by atoms with Gasteiger partial charge in [0.2, 0.25) is 5.91 Å². The van der Waals surface area contributed by atoms with E-state index < -0.39 is 5.54 Å². The summed E-state index contributed by atoms with van der Waals surface area (Å²) in [5, 5.41) is 13.1. The van der Waals surface area contributed by atoms with E-state index in [0.717, 1.165) is 17.9 Å². The summed E-state index contributed by atoms with van der Waals surface area (Å²) in [5.74, 6) is 1.22. The van der Waals surface area contributed by atoms with Crippen LogP contribution in [0.3, 0.4) is 0 Å². The maximum atomic E-state index is 12.4. The zero-order valence-electron chi connectivity index (χ0n) is 12.8. The quantitative estimate of drug-likeness (QED) is 0.786. The number of benzene rings is 1. The fourth-order valence-electron chi connectivity index (χ4n) is 2.05. The van der Waals surface area contributed by atoms with E-state index in [0.29, 0.717) is 11.5 Å². The molecular formula is C15H21N5O. The number of aryl methyl sites for hydroxylation is 1. The molecule has 0 atom stereocenters. The van der Waals surface area contributed by atoms with Crippen molar-refractivity contribution in [2.24, 2.45) is 0 Å². The molecule has 1 aromatic heterocycles. The molecule has 0 unspecified atom stereocenters. The summed E-state index contributed by atoms with van der Waals surface area (Å²) in [6, 6.07) is 7.50. The van der Waals surface area contributed by atoms with Crippen molar-refractivity contribution in [3.63, 3.8) is 0 Å². The number of para-hydroxylation sites is 1. The lowest BCUT2D eigenvalue weighted by Crippen LogP contribution is -2.49. The van der Waals surface area contributed by atoms with Gasteiger partial charge in [-0.25, -0.2) is 4.98 Å². The van der Waals surface area contributed by atoms with Crippen LogP contribution in [0, 0.1) is 6.92 Å². The van der Waals surface area contributed by atoms with Gasteiger partial charge in [0.25, 0.3) is 0 Å². The normalized spacial score (nSPS) is 11.4. The van der Waals surface area contributed by atoms with Gasteiger partial charge in [-0.3, -0.25) is 9.89 Å². The molecule has 6 heteroatoms. The number of nitrogens with one attached hydrogen (secondary N) is 3. The number of aromatic amines is 1. The number of nitrogens with zero attached hydrogens (tertiary/aromatic N) is 2. The number of aromatic nitrogens is 3. The lowest BCUT2D eigenvalue weighted by Gasteiger charge is -2.24. The highest BCUT2D eigenvalue weighted by Crippen LogP contribution is 2.25. The van der Waals surface area contributed by atoms with Crippen LogP contribution in [-0.2, 0) is 4.79 Å². The minimum atomic E-state index is -0.642. The molecule has 2 aromatic rings. The Bertz CT molecular complexity index is 632. The fourth-order valence-corrected chi connectivity index (χ4v) is 2.05. The van der Waals surface area contributed by atoms with E-state index in [2.05, 4.69) is 25.8 Å². The summed E-state index contributed by atoms with van der Waals surface area (Å²) < 4.78 is 0. The molecule has 1 amide bonds. The third kappa shape index (κ3) is 3.46. The molecule has 112 valence electrons. The summed E-state index contributed by atoms with van der Waals surface area (Å²) in [6.07, 6.45) is 0. The Morgan fingerprint density at radius 1 is 1.33 bits per heavy atom. The van der Waals surface area contributed by atoms with Gasteiger partial charge in [0, 0.05) is 5.56 Å². The second kappa shape index (κ2) is 6.05.